The molecule has 0 saturated carbocycles. The number of hydrogen-bond acceptors (Lipinski definition) is 2. The maximum Gasteiger partial charge on any atom is 0.251 e. The molecule has 26 heavy (non-hydrogen) atoms. The van der Waals surface area contributed by atoms with Crippen LogP contribution < -0.4 is 5.32 Å². The summed E-state index contributed by atoms with van der Waals surface area (Å²) in [6.45, 7) is 4.91. The molecule has 1 heterocycles. The van der Waals surface area contributed by atoms with E-state index in [2.05, 4.69) is 41.4 Å². The summed E-state index contributed by atoms with van der Waals surface area (Å²) in [4.78, 5) is 15.1. The quantitative estimate of drug-likeness (QED) is 0.803. The van der Waals surface area contributed by atoms with Crippen molar-refractivity contribution in [2.75, 3.05) is 19.6 Å². The van der Waals surface area contributed by atoms with E-state index in [1.54, 1.807) is 24.3 Å². The number of carbonyl (C=O) groups excluding carboxylic acids is 1. The van der Waals surface area contributed by atoms with Crippen molar-refractivity contribution in [2.24, 2.45) is 0 Å². The summed E-state index contributed by atoms with van der Waals surface area (Å²) in [6.07, 6.45) is 5.06. The average Bonchev–Trinajstić information content (AvgIpc) is 2.93. The second kappa shape index (κ2) is 9.20. The van der Waals surface area contributed by atoms with Crippen molar-refractivity contribution in [1.29, 1.82) is 0 Å². The van der Waals surface area contributed by atoms with Crippen LogP contribution in [0.4, 0.5) is 0 Å². The summed E-state index contributed by atoms with van der Waals surface area (Å²) in [5.41, 5.74) is 3.18. The minimum atomic E-state index is -0.0476. The van der Waals surface area contributed by atoms with Crippen LogP contribution in [-0.4, -0.2) is 30.4 Å². The van der Waals surface area contributed by atoms with Gasteiger partial charge >= 0.3 is 0 Å². The molecule has 0 aliphatic carbocycles. The highest BCUT2D eigenvalue weighted by atomic mass is 35.5. The van der Waals surface area contributed by atoms with Crippen LogP contribution in [-0.2, 0) is 0 Å². The second-order valence-electron chi connectivity index (χ2n) is 7.09. The highest BCUT2D eigenvalue weighted by molar-refractivity contribution is 6.30. The maximum atomic E-state index is 12.5. The minimum Gasteiger partial charge on any atom is -0.350 e. The third kappa shape index (κ3) is 5.09. The van der Waals surface area contributed by atoms with Crippen molar-refractivity contribution in [3.05, 3.63) is 70.2 Å². The summed E-state index contributed by atoms with van der Waals surface area (Å²) in [5.74, 6) is -0.0476. The van der Waals surface area contributed by atoms with Crippen LogP contribution >= 0.6 is 11.6 Å². The summed E-state index contributed by atoms with van der Waals surface area (Å²) in [5, 5.41) is 3.77. The number of nitrogens with one attached hydrogen (secondary N) is 1. The second-order valence-corrected chi connectivity index (χ2v) is 7.53. The molecule has 1 saturated heterocycles. The van der Waals surface area contributed by atoms with Crippen LogP contribution in [0.2, 0.25) is 5.02 Å². The van der Waals surface area contributed by atoms with E-state index in [1.165, 1.54) is 36.8 Å². The number of likely N-dealkylation sites (tertiary alicyclic amines) is 1. The number of rotatable bonds is 5. The van der Waals surface area contributed by atoms with Gasteiger partial charge in [-0.05, 0) is 62.7 Å². The zero-order valence-corrected chi connectivity index (χ0v) is 16.1. The molecule has 1 unspecified atom stereocenters. The highest BCUT2D eigenvalue weighted by Crippen LogP contribution is 2.24. The summed E-state index contributed by atoms with van der Waals surface area (Å²) < 4.78 is 0. The van der Waals surface area contributed by atoms with E-state index in [-0.39, 0.29) is 11.9 Å². The molecule has 2 aromatic carbocycles. The van der Waals surface area contributed by atoms with Gasteiger partial charge in [0, 0.05) is 17.1 Å². The zero-order chi connectivity index (χ0) is 18.4. The van der Waals surface area contributed by atoms with Gasteiger partial charge in [0.1, 0.15) is 0 Å². The van der Waals surface area contributed by atoms with Crippen molar-refractivity contribution in [1.82, 2.24) is 10.2 Å². The predicted molar refractivity (Wildman–Crippen MR) is 108 cm³/mol. The first kappa shape index (κ1) is 18.9. The molecule has 3 rings (SSSR count). The first-order valence-corrected chi connectivity index (χ1v) is 9.85. The van der Waals surface area contributed by atoms with Gasteiger partial charge in [-0.3, -0.25) is 9.69 Å². The van der Waals surface area contributed by atoms with Gasteiger partial charge in [0.25, 0.3) is 5.91 Å². The molecule has 1 N–H and O–H groups in total. The number of benzene rings is 2. The standard InChI is InChI=1S/C22H27ClN2O/c1-17-6-8-18(9-7-17)21(25-14-4-2-3-5-15-25)16-24-22(26)19-10-12-20(23)13-11-19/h6-13,21H,2-5,14-16H2,1H3,(H,24,26). The number of halogens is 1. The molecule has 0 bridgehead atoms. The van der Waals surface area contributed by atoms with Gasteiger partial charge in [0.05, 0.1) is 6.04 Å². The Kier molecular flexibility index (Phi) is 6.70. The molecule has 4 heteroatoms. The number of nitrogens with zero attached hydrogens (tertiary/aromatic N) is 1. The zero-order valence-electron chi connectivity index (χ0n) is 15.4. The van der Waals surface area contributed by atoms with Crippen molar-refractivity contribution >= 4 is 17.5 Å². The first-order valence-electron chi connectivity index (χ1n) is 9.48. The fraction of sp³-hybridized carbons (Fsp3) is 0.409. The molecule has 0 radical (unpaired) electrons. The van der Waals surface area contributed by atoms with Crippen LogP contribution in [0, 0.1) is 6.92 Å². The number of amides is 1. The van der Waals surface area contributed by atoms with Crippen LogP contribution in [0.15, 0.2) is 48.5 Å². The van der Waals surface area contributed by atoms with Gasteiger partial charge in [0.15, 0.2) is 0 Å². The number of carbonyl (C=O) groups is 1. The third-order valence-electron chi connectivity index (χ3n) is 5.11. The van der Waals surface area contributed by atoms with E-state index in [9.17, 15) is 4.79 Å². The van der Waals surface area contributed by atoms with Crippen LogP contribution in [0.25, 0.3) is 0 Å². The lowest BCUT2D eigenvalue weighted by atomic mass is 10.0. The van der Waals surface area contributed by atoms with Gasteiger partial charge in [-0.25, -0.2) is 0 Å². The topological polar surface area (TPSA) is 32.3 Å². The molecule has 2 aromatic rings. The Morgan fingerprint density at radius 1 is 1.00 bits per heavy atom. The van der Waals surface area contributed by atoms with Crippen LogP contribution in [0.5, 0.6) is 0 Å². The largest absolute Gasteiger partial charge is 0.350 e. The Labute approximate surface area is 161 Å². The molecule has 1 fully saturated rings. The lowest BCUT2D eigenvalue weighted by Gasteiger charge is -2.31. The van der Waals surface area contributed by atoms with Gasteiger partial charge in [0.2, 0.25) is 0 Å². The lowest BCUT2D eigenvalue weighted by molar-refractivity contribution is 0.0933. The van der Waals surface area contributed by atoms with Crippen molar-refractivity contribution < 1.29 is 4.79 Å². The van der Waals surface area contributed by atoms with Crippen molar-refractivity contribution in [3.63, 3.8) is 0 Å². The summed E-state index contributed by atoms with van der Waals surface area (Å²) in [6, 6.07) is 16.0. The number of hydrogen-bond donors (Lipinski definition) is 1. The van der Waals surface area contributed by atoms with Crippen molar-refractivity contribution in [3.8, 4) is 0 Å². The van der Waals surface area contributed by atoms with E-state index in [0.29, 0.717) is 17.1 Å². The van der Waals surface area contributed by atoms with Crippen molar-refractivity contribution in [2.45, 2.75) is 38.6 Å². The summed E-state index contributed by atoms with van der Waals surface area (Å²) in [7, 11) is 0. The van der Waals surface area contributed by atoms with E-state index in [0.717, 1.165) is 13.1 Å². The van der Waals surface area contributed by atoms with Gasteiger partial charge in [-0.15, -0.1) is 0 Å². The molecule has 1 amide bonds. The molecule has 138 valence electrons. The average molecular weight is 371 g/mol. The normalized spacial score (nSPS) is 16.7. The fourth-order valence-electron chi connectivity index (χ4n) is 3.55. The highest BCUT2D eigenvalue weighted by Gasteiger charge is 2.22. The molecular weight excluding hydrogens is 344 g/mol. The summed E-state index contributed by atoms with van der Waals surface area (Å²) >= 11 is 5.92. The number of aryl methyl sites for hydroxylation is 1. The van der Waals surface area contributed by atoms with Crippen LogP contribution in [0.3, 0.4) is 0 Å². The Hall–Kier alpha value is -1.84. The van der Waals surface area contributed by atoms with E-state index in [1.807, 2.05) is 0 Å². The predicted octanol–water partition coefficient (Wildman–Crippen LogP) is 5.00. The van der Waals surface area contributed by atoms with E-state index >= 15 is 0 Å². The van der Waals surface area contributed by atoms with Crippen LogP contribution in [0.1, 0.15) is 53.2 Å². The van der Waals surface area contributed by atoms with Gasteiger partial charge < -0.3 is 5.32 Å². The third-order valence-corrected chi connectivity index (χ3v) is 5.36. The fourth-order valence-corrected chi connectivity index (χ4v) is 3.67. The SMILES string of the molecule is Cc1ccc(C(CNC(=O)c2ccc(Cl)cc2)N2CCCCCC2)cc1. The van der Waals surface area contributed by atoms with Gasteiger partial charge in [-0.1, -0.05) is 54.3 Å². The lowest BCUT2D eigenvalue weighted by Crippen LogP contribution is -2.38. The molecule has 1 aliphatic rings. The molecular formula is C22H27ClN2O. The molecule has 0 spiro atoms. The van der Waals surface area contributed by atoms with E-state index in [4.69, 9.17) is 11.6 Å². The monoisotopic (exact) mass is 370 g/mol. The minimum absolute atomic E-state index is 0.0476. The Morgan fingerprint density at radius 3 is 2.23 bits per heavy atom. The Bertz CT molecular complexity index is 704. The maximum absolute atomic E-state index is 12.5. The van der Waals surface area contributed by atoms with E-state index < -0.39 is 0 Å². The van der Waals surface area contributed by atoms with Gasteiger partial charge in [-0.2, -0.15) is 0 Å². The Morgan fingerprint density at radius 2 is 1.62 bits per heavy atom. The molecule has 0 aromatic heterocycles. The molecule has 1 aliphatic heterocycles. The first-order chi connectivity index (χ1) is 12.6. The smallest absolute Gasteiger partial charge is 0.251 e. The Balaban J connectivity index is 1.73. The molecule has 1 atom stereocenters. The molecule has 3 nitrogen and oxygen atoms in total.